The fourth-order valence-electron chi connectivity index (χ4n) is 1.63. The van der Waals surface area contributed by atoms with Gasteiger partial charge in [0.15, 0.2) is 0 Å². The van der Waals surface area contributed by atoms with Gasteiger partial charge in [-0.1, -0.05) is 6.42 Å². The number of hydrogen-bond acceptors (Lipinski definition) is 2. The molecule has 4 nitrogen and oxygen atoms in total. The van der Waals surface area contributed by atoms with Crippen molar-refractivity contribution >= 4 is 11.9 Å². The number of likely N-dealkylation sites (tertiary alicyclic amines) is 1. The molecule has 1 unspecified atom stereocenters. The topological polar surface area (TPSA) is 57.6 Å². The molecule has 1 amide bonds. The van der Waals surface area contributed by atoms with Crippen LogP contribution >= 0.6 is 0 Å². The fourth-order valence-corrected chi connectivity index (χ4v) is 1.63. The molecule has 74 valence electrons. The van der Waals surface area contributed by atoms with E-state index in [9.17, 15) is 9.59 Å². The fraction of sp³-hybridized carbons (Fsp3) is 0.778. The molecular formula is C9H15NO3. The molecule has 0 aromatic heterocycles. The van der Waals surface area contributed by atoms with Crippen LogP contribution in [0.2, 0.25) is 0 Å². The summed E-state index contributed by atoms with van der Waals surface area (Å²) in [6.07, 6.45) is 2.52. The van der Waals surface area contributed by atoms with Crippen LogP contribution in [0.1, 0.15) is 26.2 Å². The largest absolute Gasteiger partial charge is 0.481 e. The number of nitrogens with zero attached hydrogens (tertiary/aromatic N) is 1. The van der Waals surface area contributed by atoms with Crippen molar-refractivity contribution in [1.82, 2.24) is 4.90 Å². The minimum absolute atomic E-state index is 0.0202. The lowest BCUT2D eigenvalue weighted by Gasteiger charge is -2.20. The monoisotopic (exact) mass is 185 g/mol. The number of carbonyl (C=O) groups excluding carboxylic acids is 1. The van der Waals surface area contributed by atoms with Crippen molar-refractivity contribution in [2.75, 3.05) is 13.1 Å². The first kappa shape index (κ1) is 10.0. The number of carboxylic acids is 1. The minimum Gasteiger partial charge on any atom is -0.481 e. The standard InChI is InChI=1S/C9H15NO3/c1-7(11)10-5-3-2-4-8(6-10)9(12)13/h8H,2-6H2,1H3,(H,12,13). The van der Waals surface area contributed by atoms with Crippen LogP contribution in [0.4, 0.5) is 0 Å². The number of hydrogen-bond donors (Lipinski definition) is 1. The molecule has 0 bridgehead atoms. The molecular weight excluding hydrogens is 170 g/mol. The number of amides is 1. The molecule has 0 aromatic rings. The molecule has 1 aliphatic heterocycles. The van der Waals surface area contributed by atoms with Gasteiger partial charge >= 0.3 is 5.97 Å². The van der Waals surface area contributed by atoms with Gasteiger partial charge in [-0.3, -0.25) is 9.59 Å². The predicted molar refractivity (Wildman–Crippen MR) is 47.2 cm³/mol. The van der Waals surface area contributed by atoms with Gasteiger partial charge in [0.05, 0.1) is 5.92 Å². The van der Waals surface area contributed by atoms with E-state index in [1.54, 1.807) is 4.90 Å². The Morgan fingerprint density at radius 2 is 2.08 bits per heavy atom. The van der Waals surface area contributed by atoms with E-state index in [1.807, 2.05) is 0 Å². The zero-order valence-corrected chi connectivity index (χ0v) is 7.82. The number of carboxylic acid groups (broad SMARTS) is 1. The maximum Gasteiger partial charge on any atom is 0.308 e. The second-order valence-electron chi connectivity index (χ2n) is 3.50. The molecule has 0 radical (unpaired) electrons. The summed E-state index contributed by atoms with van der Waals surface area (Å²) in [5.74, 6) is -1.17. The highest BCUT2D eigenvalue weighted by Crippen LogP contribution is 2.16. The molecule has 0 spiro atoms. The third-order valence-corrected chi connectivity index (χ3v) is 2.47. The summed E-state index contributed by atoms with van der Waals surface area (Å²) in [5.41, 5.74) is 0. The van der Waals surface area contributed by atoms with Gasteiger partial charge in [0.2, 0.25) is 5.91 Å². The van der Waals surface area contributed by atoms with Gasteiger partial charge in [-0.05, 0) is 12.8 Å². The van der Waals surface area contributed by atoms with Crippen molar-refractivity contribution in [3.05, 3.63) is 0 Å². The van der Waals surface area contributed by atoms with Crippen LogP contribution in [0.3, 0.4) is 0 Å². The molecule has 1 N–H and O–H groups in total. The lowest BCUT2D eigenvalue weighted by Crippen LogP contribution is -2.35. The van der Waals surface area contributed by atoms with Crippen LogP contribution in [-0.4, -0.2) is 35.0 Å². The third kappa shape index (κ3) is 2.72. The average Bonchev–Trinajstić information content (AvgIpc) is 2.28. The number of aliphatic carboxylic acids is 1. The lowest BCUT2D eigenvalue weighted by atomic mass is 10.0. The van der Waals surface area contributed by atoms with Gasteiger partial charge in [0, 0.05) is 20.0 Å². The molecule has 1 atom stereocenters. The summed E-state index contributed by atoms with van der Waals surface area (Å²) in [5, 5.41) is 8.82. The summed E-state index contributed by atoms with van der Waals surface area (Å²) in [6, 6.07) is 0. The summed E-state index contributed by atoms with van der Waals surface area (Å²) in [7, 11) is 0. The highest BCUT2D eigenvalue weighted by atomic mass is 16.4. The van der Waals surface area contributed by atoms with Gasteiger partial charge in [-0.2, -0.15) is 0 Å². The van der Waals surface area contributed by atoms with E-state index in [-0.39, 0.29) is 11.8 Å². The second-order valence-corrected chi connectivity index (χ2v) is 3.50. The average molecular weight is 185 g/mol. The summed E-state index contributed by atoms with van der Waals surface area (Å²) in [6.45, 7) is 2.58. The van der Waals surface area contributed by atoms with E-state index in [0.29, 0.717) is 19.5 Å². The first-order valence-electron chi connectivity index (χ1n) is 4.59. The van der Waals surface area contributed by atoms with Crippen molar-refractivity contribution in [2.24, 2.45) is 5.92 Å². The van der Waals surface area contributed by atoms with E-state index in [0.717, 1.165) is 12.8 Å². The van der Waals surface area contributed by atoms with Gasteiger partial charge in [-0.25, -0.2) is 0 Å². The Morgan fingerprint density at radius 1 is 1.38 bits per heavy atom. The van der Waals surface area contributed by atoms with Crippen molar-refractivity contribution in [3.8, 4) is 0 Å². The zero-order valence-electron chi connectivity index (χ0n) is 7.82. The molecule has 1 aliphatic rings. The Morgan fingerprint density at radius 3 is 2.62 bits per heavy atom. The van der Waals surface area contributed by atoms with E-state index >= 15 is 0 Å². The van der Waals surface area contributed by atoms with Crippen molar-refractivity contribution in [2.45, 2.75) is 26.2 Å². The van der Waals surface area contributed by atoms with Crippen molar-refractivity contribution in [3.63, 3.8) is 0 Å². The smallest absolute Gasteiger partial charge is 0.308 e. The number of carbonyl (C=O) groups is 2. The highest BCUT2D eigenvalue weighted by Gasteiger charge is 2.24. The van der Waals surface area contributed by atoms with Crippen molar-refractivity contribution in [1.29, 1.82) is 0 Å². The van der Waals surface area contributed by atoms with E-state index < -0.39 is 5.97 Å². The Kier molecular flexibility index (Phi) is 3.28. The van der Waals surface area contributed by atoms with Crippen LogP contribution in [0, 0.1) is 5.92 Å². The number of rotatable bonds is 1. The molecule has 0 aromatic carbocycles. The molecule has 4 heteroatoms. The molecule has 1 heterocycles. The Hall–Kier alpha value is -1.06. The van der Waals surface area contributed by atoms with E-state index in [4.69, 9.17) is 5.11 Å². The SMILES string of the molecule is CC(=O)N1CCCCC(C(=O)O)C1. The van der Waals surface area contributed by atoms with Gasteiger partial charge in [0.1, 0.15) is 0 Å². The quantitative estimate of drug-likeness (QED) is 0.654. The Bertz CT molecular complexity index is 193. The zero-order chi connectivity index (χ0) is 9.84. The molecule has 0 saturated carbocycles. The van der Waals surface area contributed by atoms with Gasteiger partial charge in [0.25, 0.3) is 0 Å². The summed E-state index contributed by atoms with van der Waals surface area (Å²) >= 11 is 0. The lowest BCUT2D eigenvalue weighted by molar-refractivity contribution is -0.143. The predicted octanol–water partition coefficient (Wildman–Crippen LogP) is 0.720. The van der Waals surface area contributed by atoms with E-state index in [2.05, 4.69) is 0 Å². The normalized spacial score (nSPS) is 23.8. The highest BCUT2D eigenvalue weighted by molar-refractivity contribution is 5.75. The summed E-state index contributed by atoms with van der Waals surface area (Å²) in [4.78, 5) is 23.4. The van der Waals surface area contributed by atoms with Crippen molar-refractivity contribution < 1.29 is 14.7 Å². The van der Waals surface area contributed by atoms with Gasteiger partial charge < -0.3 is 10.0 Å². The van der Waals surface area contributed by atoms with Crippen LogP contribution in [-0.2, 0) is 9.59 Å². The van der Waals surface area contributed by atoms with Crippen LogP contribution in [0.5, 0.6) is 0 Å². The van der Waals surface area contributed by atoms with Crippen LogP contribution in [0.15, 0.2) is 0 Å². The minimum atomic E-state index is -0.784. The Balaban J connectivity index is 2.59. The molecule has 13 heavy (non-hydrogen) atoms. The molecule has 0 aliphatic carbocycles. The molecule has 1 fully saturated rings. The first-order chi connectivity index (χ1) is 6.11. The first-order valence-corrected chi connectivity index (χ1v) is 4.59. The second kappa shape index (κ2) is 4.25. The third-order valence-electron chi connectivity index (χ3n) is 2.47. The molecule has 1 rings (SSSR count). The maximum absolute atomic E-state index is 11.1. The maximum atomic E-state index is 11.1. The van der Waals surface area contributed by atoms with Crippen LogP contribution < -0.4 is 0 Å². The van der Waals surface area contributed by atoms with Crippen LogP contribution in [0.25, 0.3) is 0 Å². The summed E-state index contributed by atoms with van der Waals surface area (Å²) < 4.78 is 0. The molecule has 1 saturated heterocycles. The van der Waals surface area contributed by atoms with E-state index in [1.165, 1.54) is 6.92 Å². The van der Waals surface area contributed by atoms with Gasteiger partial charge in [-0.15, -0.1) is 0 Å². The Labute approximate surface area is 77.5 Å².